The molecular weight excluding hydrogens is 260 g/mol. The van der Waals surface area contributed by atoms with Crippen molar-refractivity contribution in [3.05, 3.63) is 71.4 Å². The second-order valence-corrected chi connectivity index (χ2v) is 4.11. The van der Waals surface area contributed by atoms with E-state index in [0.29, 0.717) is 5.56 Å². The van der Waals surface area contributed by atoms with Crippen LogP contribution in [0.2, 0.25) is 0 Å². The lowest BCUT2D eigenvalue weighted by Gasteiger charge is -2.13. The minimum Gasteiger partial charge on any atom is -0.457 e. The van der Waals surface area contributed by atoms with E-state index in [2.05, 4.69) is 0 Å². The van der Waals surface area contributed by atoms with Crippen LogP contribution in [0.15, 0.2) is 58.9 Å². The molecule has 0 unspecified atom stereocenters. The van der Waals surface area contributed by atoms with Gasteiger partial charge in [-0.25, -0.2) is 4.79 Å². The van der Waals surface area contributed by atoms with Crippen molar-refractivity contribution >= 4 is 17.5 Å². The summed E-state index contributed by atoms with van der Waals surface area (Å²) in [7, 11) is 0. The van der Waals surface area contributed by atoms with Gasteiger partial charge in [0.1, 0.15) is 0 Å². The Bertz CT molecular complexity index is 737. The van der Waals surface area contributed by atoms with E-state index in [-0.39, 0.29) is 22.9 Å². The van der Waals surface area contributed by atoms with Crippen molar-refractivity contribution in [2.45, 2.75) is 0 Å². The fourth-order valence-electron chi connectivity index (χ4n) is 1.91. The largest absolute Gasteiger partial charge is 0.457 e. The molecule has 0 saturated heterocycles. The van der Waals surface area contributed by atoms with Crippen molar-refractivity contribution in [3.63, 3.8) is 0 Å². The van der Waals surface area contributed by atoms with Gasteiger partial charge in [-0.1, -0.05) is 24.3 Å². The highest BCUT2D eigenvalue weighted by molar-refractivity contribution is 6.24. The third kappa shape index (κ3) is 1.95. The monoisotopic (exact) mass is 268 g/mol. The van der Waals surface area contributed by atoms with Crippen LogP contribution in [0, 0.1) is 0 Å². The lowest BCUT2D eigenvalue weighted by atomic mass is 9.94. The quantitative estimate of drug-likeness (QED) is 0.782. The fraction of sp³-hybridized carbons (Fsp3) is 0. The van der Waals surface area contributed by atoms with Crippen LogP contribution in [0.5, 0.6) is 0 Å². The summed E-state index contributed by atoms with van der Waals surface area (Å²) in [4.78, 5) is 35.7. The molecule has 1 aromatic heterocycles. The number of carbonyl (C=O) groups excluding carboxylic acids is 3. The maximum Gasteiger partial charge on any atom is 0.379 e. The van der Waals surface area contributed by atoms with E-state index in [1.165, 1.54) is 24.5 Å². The molecule has 5 nitrogen and oxygen atoms in total. The van der Waals surface area contributed by atoms with Crippen molar-refractivity contribution in [1.82, 2.24) is 0 Å². The number of allylic oxidation sites excluding steroid dienone is 2. The zero-order chi connectivity index (χ0) is 14.1. The molecule has 2 aromatic rings. The van der Waals surface area contributed by atoms with Gasteiger partial charge in [0.15, 0.2) is 11.5 Å². The highest BCUT2D eigenvalue weighted by atomic mass is 16.6. The third-order valence-electron chi connectivity index (χ3n) is 2.85. The predicted molar refractivity (Wildman–Crippen MR) is 67.3 cm³/mol. The normalized spacial score (nSPS) is 13.7. The summed E-state index contributed by atoms with van der Waals surface area (Å²) < 4.78 is 9.80. The van der Waals surface area contributed by atoms with Crippen LogP contribution in [0.1, 0.15) is 31.3 Å². The highest BCUT2D eigenvalue weighted by Crippen LogP contribution is 2.22. The van der Waals surface area contributed by atoms with Crippen LogP contribution in [0.3, 0.4) is 0 Å². The zero-order valence-electron chi connectivity index (χ0n) is 10.2. The van der Waals surface area contributed by atoms with Crippen molar-refractivity contribution in [2.75, 3.05) is 0 Å². The van der Waals surface area contributed by atoms with E-state index >= 15 is 0 Å². The van der Waals surface area contributed by atoms with Gasteiger partial charge in [0, 0.05) is 17.2 Å². The molecule has 0 atom stereocenters. The number of rotatable bonds is 2. The number of hydrogen-bond donors (Lipinski definition) is 0. The lowest BCUT2D eigenvalue weighted by molar-refractivity contribution is 0.0554. The van der Waals surface area contributed by atoms with Gasteiger partial charge >= 0.3 is 5.97 Å². The lowest BCUT2D eigenvalue weighted by Crippen LogP contribution is -2.20. The Hall–Kier alpha value is -2.95. The summed E-state index contributed by atoms with van der Waals surface area (Å²) in [6.45, 7) is 0. The Labute approximate surface area is 113 Å². The molecule has 1 aliphatic carbocycles. The second kappa shape index (κ2) is 4.62. The molecular formula is C15H8O5. The van der Waals surface area contributed by atoms with Crippen molar-refractivity contribution < 1.29 is 23.5 Å². The van der Waals surface area contributed by atoms with Crippen molar-refractivity contribution in [3.8, 4) is 0 Å². The maximum atomic E-state index is 12.1. The molecule has 3 rings (SSSR count). The van der Waals surface area contributed by atoms with E-state index in [0.717, 1.165) is 6.08 Å². The second-order valence-electron chi connectivity index (χ2n) is 4.11. The van der Waals surface area contributed by atoms with E-state index in [4.69, 9.17) is 9.15 Å². The number of ketones is 2. The Morgan fingerprint density at radius 3 is 2.45 bits per heavy atom. The number of fused-ring (bicyclic) bond motifs is 1. The Balaban J connectivity index is 1.91. The van der Waals surface area contributed by atoms with Crippen LogP contribution in [0.25, 0.3) is 0 Å². The van der Waals surface area contributed by atoms with Gasteiger partial charge in [-0.3, -0.25) is 9.59 Å². The summed E-state index contributed by atoms with van der Waals surface area (Å²) in [5.41, 5.74) is 0.526. The molecule has 0 spiro atoms. The summed E-state index contributed by atoms with van der Waals surface area (Å²) in [5.74, 6) is -2.02. The average Bonchev–Trinajstić information content (AvgIpc) is 2.99. The molecule has 0 radical (unpaired) electrons. The first-order valence-electron chi connectivity index (χ1n) is 5.82. The van der Waals surface area contributed by atoms with Crippen molar-refractivity contribution in [2.24, 2.45) is 0 Å². The summed E-state index contributed by atoms with van der Waals surface area (Å²) >= 11 is 0. The summed E-state index contributed by atoms with van der Waals surface area (Å²) in [6, 6.07) is 9.31. The van der Waals surface area contributed by atoms with Gasteiger partial charge < -0.3 is 9.15 Å². The van der Waals surface area contributed by atoms with Crippen LogP contribution in [-0.2, 0) is 4.74 Å². The Morgan fingerprint density at radius 2 is 1.75 bits per heavy atom. The molecule has 1 heterocycles. The molecule has 0 bridgehead atoms. The van der Waals surface area contributed by atoms with Gasteiger partial charge in [-0.2, -0.15) is 0 Å². The number of hydrogen-bond acceptors (Lipinski definition) is 5. The molecule has 5 heteroatoms. The first-order valence-corrected chi connectivity index (χ1v) is 5.82. The molecule has 1 aliphatic rings. The molecule has 0 N–H and O–H groups in total. The van der Waals surface area contributed by atoms with E-state index in [9.17, 15) is 14.4 Å². The van der Waals surface area contributed by atoms with Crippen LogP contribution in [-0.4, -0.2) is 17.5 Å². The number of esters is 1. The van der Waals surface area contributed by atoms with Crippen molar-refractivity contribution in [1.29, 1.82) is 0 Å². The maximum absolute atomic E-state index is 12.1. The summed E-state index contributed by atoms with van der Waals surface area (Å²) in [5, 5.41) is 0. The van der Waals surface area contributed by atoms with E-state index in [1.807, 2.05) is 0 Å². The summed E-state index contributed by atoms with van der Waals surface area (Å²) in [6.07, 6.45) is 2.33. The Kier molecular flexibility index (Phi) is 2.80. The van der Waals surface area contributed by atoms with Crippen LogP contribution >= 0.6 is 0 Å². The van der Waals surface area contributed by atoms with Gasteiger partial charge in [-0.15, -0.1) is 0 Å². The molecule has 0 saturated carbocycles. The first kappa shape index (κ1) is 12.1. The van der Waals surface area contributed by atoms with Gasteiger partial charge in [-0.05, 0) is 12.1 Å². The SMILES string of the molecule is O=C(OC1=CC(=O)c2ccccc2C1=O)c1ccco1. The predicted octanol–water partition coefficient (Wildman–Crippen LogP) is 2.40. The number of ether oxygens (including phenoxy) is 1. The number of carbonyl (C=O) groups is 3. The smallest absolute Gasteiger partial charge is 0.379 e. The van der Waals surface area contributed by atoms with Gasteiger partial charge in [0.25, 0.3) is 0 Å². The molecule has 0 aliphatic heterocycles. The average molecular weight is 268 g/mol. The van der Waals surface area contributed by atoms with Gasteiger partial charge in [0.2, 0.25) is 11.5 Å². The Morgan fingerprint density at radius 1 is 1.00 bits per heavy atom. The van der Waals surface area contributed by atoms with Gasteiger partial charge in [0.05, 0.1) is 6.26 Å². The van der Waals surface area contributed by atoms with Crippen LogP contribution in [0.4, 0.5) is 0 Å². The third-order valence-corrected chi connectivity index (χ3v) is 2.85. The van der Waals surface area contributed by atoms with Crippen LogP contribution < -0.4 is 0 Å². The topological polar surface area (TPSA) is 73.6 Å². The molecule has 98 valence electrons. The number of Topliss-reactive ketones (excluding diaryl/α,β-unsaturated/α-hetero) is 1. The minimum absolute atomic E-state index is 0.0370. The van der Waals surface area contributed by atoms with E-state index < -0.39 is 11.8 Å². The molecule has 0 fully saturated rings. The zero-order valence-corrected chi connectivity index (χ0v) is 10.2. The fourth-order valence-corrected chi connectivity index (χ4v) is 1.91. The standard InChI is InChI=1S/C15H8O5/c16-11-8-13(20-15(18)12-6-3-7-19-12)14(17)10-5-2-1-4-9(10)11/h1-8H. The van der Waals surface area contributed by atoms with E-state index in [1.54, 1.807) is 18.2 Å². The number of furan rings is 1. The minimum atomic E-state index is -0.818. The molecule has 1 aromatic carbocycles. The first-order chi connectivity index (χ1) is 9.66. The highest BCUT2D eigenvalue weighted by Gasteiger charge is 2.28. The molecule has 20 heavy (non-hydrogen) atoms. The molecule has 0 amide bonds. The number of benzene rings is 1.